The molecule has 2 saturated heterocycles. The fraction of sp³-hybridized carbons (Fsp3) is 0.625. The van der Waals surface area contributed by atoms with Gasteiger partial charge in [0, 0.05) is 26.2 Å². The van der Waals surface area contributed by atoms with Crippen LogP contribution in [0.2, 0.25) is 0 Å². The Balaban J connectivity index is 1.66. The smallest absolute Gasteiger partial charge is 0.287 e. The van der Waals surface area contributed by atoms with E-state index in [4.69, 9.17) is 4.42 Å². The summed E-state index contributed by atoms with van der Waals surface area (Å²) in [4.78, 5) is 26.8. The van der Waals surface area contributed by atoms with E-state index in [1.807, 2.05) is 18.7 Å². The van der Waals surface area contributed by atoms with Crippen molar-refractivity contribution in [3.05, 3.63) is 24.2 Å². The van der Waals surface area contributed by atoms with Gasteiger partial charge in [-0.3, -0.25) is 9.59 Å². The number of furan rings is 1. The standard InChI is InChI=1S/C16H23N3O3/c1-10(2)14(18-15(20)13-4-3-5-22-13)16(21)19-8-11-6-17-7-12(11)9-19/h3-5,10-12,14,17H,6-9H2,1-2H3,(H,18,20)/t11-,12+,14?. The van der Waals surface area contributed by atoms with E-state index < -0.39 is 6.04 Å². The Bertz CT molecular complexity index is 529. The predicted octanol–water partition coefficient (Wildman–Crippen LogP) is 0.712. The van der Waals surface area contributed by atoms with Gasteiger partial charge < -0.3 is 20.0 Å². The zero-order valence-electron chi connectivity index (χ0n) is 13.0. The first-order chi connectivity index (χ1) is 10.6. The quantitative estimate of drug-likeness (QED) is 0.859. The Labute approximate surface area is 130 Å². The van der Waals surface area contributed by atoms with Crippen LogP contribution in [0.3, 0.4) is 0 Å². The topological polar surface area (TPSA) is 74.6 Å². The van der Waals surface area contributed by atoms with Crippen LogP contribution in [0.5, 0.6) is 0 Å². The zero-order valence-corrected chi connectivity index (χ0v) is 13.0. The highest BCUT2D eigenvalue weighted by Gasteiger charge is 2.40. The third kappa shape index (κ3) is 2.88. The maximum atomic E-state index is 12.8. The summed E-state index contributed by atoms with van der Waals surface area (Å²) in [7, 11) is 0. The lowest BCUT2D eigenvalue weighted by Gasteiger charge is -2.27. The summed E-state index contributed by atoms with van der Waals surface area (Å²) in [5.41, 5.74) is 0. The van der Waals surface area contributed by atoms with Crippen LogP contribution in [0.1, 0.15) is 24.4 Å². The molecule has 0 radical (unpaired) electrons. The molecule has 0 saturated carbocycles. The van der Waals surface area contributed by atoms with E-state index in [-0.39, 0.29) is 23.5 Å². The van der Waals surface area contributed by atoms with Crippen molar-refractivity contribution >= 4 is 11.8 Å². The van der Waals surface area contributed by atoms with Crippen molar-refractivity contribution < 1.29 is 14.0 Å². The van der Waals surface area contributed by atoms with Gasteiger partial charge in [-0.1, -0.05) is 13.8 Å². The molecule has 1 aromatic heterocycles. The van der Waals surface area contributed by atoms with Crippen molar-refractivity contribution in [1.82, 2.24) is 15.5 Å². The van der Waals surface area contributed by atoms with Crippen LogP contribution >= 0.6 is 0 Å². The van der Waals surface area contributed by atoms with Crippen LogP contribution in [-0.4, -0.2) is 48.9 Å². The molecule has 2 aliphatic rings. The lowest BCUT2D eigenvalue weighted by atomic mass is 10.0. The molecule has 1 unspecified atom stereocenters. The number of carbonyl (C=O) groups excluding carboxylic acids is 2. The Morgan fingerprint density at radius 2 is 2.00 bits per heavy atom. The number of fused-ring (bicyclic) bond motifs is 1. The fourth-order valence-corrected chi connectivity index (χ4v) is 3.37. The van der Waals surface area contributed by atoms with Crippen molar-refractivity contribution in [1.29, 1.82) is 0 Å². The van der Waals surface area contributed by atoms with E-state index in [0.717, 1.165) is 26.2 Å². The number of carbonyl (C=O) groups is 2. The Morgan fingerprint density at radius 1 is 1.32 bits per heavy atom. The van der Waals surface area contributed by atoms with E-state index >= 15 is 0 Å². The first-order valence-electron chi connectivity index (χ1n) is 7.90. The summed E-state index contributed by atoms with van der Waals surface area (Å²) < 4.78 is 5.10. The van der Waals surface area contributed by atoms with Crippen molar-refractivity contribution in [2.75, 3.05) is 26.2 Å². The van der Waals surface area contributed by atoms with E-state index in [1.165, 1.54) is 6.26 Å². The van der Waals surface area contributed by atoms with Gasteiger partial charge in [0.05, 0.1) is 6.26 Å². The van der Waals surface area contributed by atoms with Crippen molar-refractivity contribution in [2.45, 2.75) is 19.9 Å². The minimum atomic E-state index is -0.510. The summed E-state index contributed by atoms with van der Waals surface area (Å²) in [5.74, 6) is 1.06. The van der Waals surface area contributed by atoms with Gasteiger partial charge in [0.1, 0.15) is 6.04 Å². The normalized spacial score (nSPS) is 25.3. The molecule has 22 heavy (non-hydrogen) atoms. The molecule has 2 fully saturated rings. The van der Waals surface area contributed by atoms with Crippen LogP contribution < -0.4 is 10.6 Å². The lowest BCUT2D eigenvalue weighted by Crippen LogP contribution is -2.51. The maximum absolute atomic E-state index is 12.8. The molecule has 0 aliphatic carbocycles. The lowest BCUT2D eigenvalue weighted by molar-refractivity contribution is -0.133. The van der Waals surface area contributed by atoms with E-state index in [2.05, 4.69) is 10.6 Å². The molecule has 2 amide bonds. The van der Waals surface area contributed by atoms with Crippen molar-refractivity contribution in [3.8, 4) is 0 Å². The van der Waals surface area contributed by atoms with Gasteiger partial charge in [0.2, 0.25) is 5.91 Å². The van der Waals surface area contributed by atoms with E-state index in [0.29, 0.717) is 11.8 Å². The molecular formula is C16H23N3O3. The van der Waals surface area contributed by atoms with Gasteiger partial charge in [0.15, 0.2) is 5.76 Å². The van der Waals surface area contributed by atoms with Gasteiger partial charge in [-0.25, -0.2) is 0 Å². The average Bonchev–Trinajstić information content (AvgIpc) is 3.17. The molecule has 0 bridgehead atoms. The molecule has 3 atom stereocenters. The summed E-state index contributed by atoms with van der Waals surface area (Å²) >= 11 is 0. The number of nitrogens with one attached hydrogen (secondary N) is 2. The second-order valence-corrected chi connectivity index (χ2v) is 6.59. The summed E-state index contributed by atoms with van der Waals surface area (Å²) in [6.45, 7) is 7.44. The minimum absolute atomic E-state index is 0.0179. The van der Waals surface area contributed by atoms with Crippen LogP contribution in [-0.2, 0) is 4.79 Å². The van der Waals surface area contributed by atoms with Crippen molar-refractivity contribution in [3.63, 3.8) is 0 Å². The molecule has 0 spiro atoms. The summed E-state index contributed by atoms with van der Waals surface area (Å²) in [6, 6.07) is 2.75. The monoisotopic (exact) mass is 305 g/mol. The number of hydrogen-bond acceptors (Lipinski definition) is 4. The molecule has 6 nitrogen and oxygen atoms in total. The van der Waals surface area contributed by atoms with Gasteiger partial charge in [0.25, 0.3) is 5.91 Å². The molecule has 2 aliphatic heterocycles. The second kappa shape index (κ2) is 6.12. The van der Waals surface area contributed by atoms with Crippen LogP contribution in [0.15, 0.2) is 22.8 Å². The number of rotatable bonds is 4. The molecule has 120 valence electrons. The highest BCUT2D eigenvalue weighted by atomic mass is 16.3. The summed E-state index contributed by atoms with van der Waals surface area (Å²) in [6.07, 6.45) is 1.45. The Morgan fingerprint density at radius 3 is 2.55 bits per heavy atom. The van der Waals surface area contributed by atoms with Crippen LogP contribution in [0.25, 0.3) is 0 Å². The highest BCUT2D eigenvalue weighted by molar-refractivity contribution is 5.95. The Kier molecular flexibility index (Phi) is 4.20. The van der Waals surface area contributed by atoms with E-state index in [1.54, 1.807) is 12.1 Å². The van der Waals surface area contributed by atoms with Crippen LogP contribution in [0, 0.1) is 17.8 Å². The summed E-state index contributed by atoms with van der Waals surface area (Å²) in [5, 5.41) is 6.19. The highest BCUT2D eigenvalue weighted by Crippen LogP contribution is 2.27. The largest absolute Gasteiger partial charge is 0.459 e. The molecule has 3 rings (SSSR count). The SMILES string of the molecule is CC(C)C(NC(=O)c1ccco1)C(=O)N1C[C@H]2CNC[C@H]2C1. The third-order valence-corrected chi connectivity index (χ3v) is 4.67. The van der Waals surface area contributed by atoms with E-state index in [9.17, 15) is 9.59 Å². The number of amides is 2. The predicted molar refractivity (Wildman–Crippen MR) is 81.2 cm³/mol. The molecule has 6 heteroatoms. The van der Waals surface area contributed by atoms with Gasteiger partial charge in [-0.2, -0.15) is 0 Å². The molecule has 1 aromatic rings. The van der Waals surface area contributed by atoms with Gasteiger partial charge >= 0.3 is 0 Å². The first-order valence-corrected chi connectivity index (χ1v) is 7.90. The zero-order chi connectivity index (χ0) is 15.7. The molecule has 0 aromatic carbocycles. The number of nitrogens with zero attached hydrogens (tertiary/aromatic N) is 1. The third-order valence-electron chi connectivity index (χ3n) is 4.67. The minimum Gasteiger partial charge on any atom is -0.459 e. The maximum Gasteiger partial charge on any atom is 0.287 e. The molecule has 3 heterocycles. The van der Waals surface area contributed by atoms with Gasteiger partial charge in [-0.05, 0) is 29.9 Å². The Hall–Kier alpha value is -1.82. The number of likely N-dealkylation sites (tertiary alicyclic amines) is 1. The molecule has 2 N–H and O–H groups in total. The average molecular weight is 305 g/mol. The van der Waals surface area contributed by atoms with Crippen molar-refractivity contribution in [2.24, 2.45) is 17.8 Å². The van der Waals surface area contributed by atoms with Crippen LogP contribution in [0.4, 0.5) is 0 Å². The fourth-order valence-electron chi connectivity index (χ4n) is 3.37. The number of hydrogen-bond donors (Lipinski definition) is 2. The molecular weight excluding hydrogens is 282 g/mol. The second-order valence-electron chi connectivity index (χ2n) is 6.59. The first kappa shape index (κ1) is 15.1. The van der Waals surface area contributed by atoms with Gasteiger partial charge in [-0.15, -0.1) is 0 Å².